The van der Waals surface area contributed by atoms with Crippen LogP contribution in [0.5, 0.6) is 0 Å². The third-order valence-electron chi connectivity index (χ3n) is 2.25. The van der Waals surface area contributed by atoms with E-state index in [4.69, 9.17) is 0 Å². The summed E-state index contributed by atoms with van der Waals surface area (Å²) in [7, 11) is 0. The fourth-order valence-corrected chi connectivity index (χ4v) is 1.38. The zero-order valence-corrected chi connectivity index (χ0v) is 7.43. The summed E-state index contributed by atoms with van der Waals surface area (Å²) in [5.74, 6) is 0.341. The number of aryl methyl sites for hydroxylation is 1. The van der Waals surface area contributed by atoms with Crippen molar-refractivity contribution in [3.05, 3.63) is 22.0 Å². The summed E-state index contributed by atoms with van der Waals surface area (Å²) in [5.41, 5.74) is 0.858. The van der Waals surface area contributed by atoms with Crippen molar-refractivity contribution < 1.29 is 4.92 Å². The minimum atomic E-state index is -0.340. The van der Waals surface area contributed by atoms with Crippen molar-refractivity contribution in [2.24, 2.45) is 0 Å². The zero-order valence-electron chi connectivity index (χ0n) is 7.43. The molecule has 70 valence electrons. The maximum atomic E-state index is 10.6. The SMILES string of the molecule is CCn1cc([N+](=O)[O-])c(C2CC2)n1. The average molecular weight is 181 g/mol. The first-order chi connectivity index (χ1) is 6.22. The van der Waals surface area contributed by atoms with Gasteiger partial charge in [0.05, 0.1) is 4.92 Å². The molecule has 0 unspecified atom stereocenters. The van der Waals surface area contributed by atoms with E-state index in [9.17, 15) is 10.1 Å². The molecule has 0 aliphatic heterocycles. The number of rotatable bonds is 3. The molecule has 0 atom stereocenters. The summed E-state index contributed by atoms with van der Waals surface area (Å²) in [6.45, 7) is 2.61. The van der Waals surface area contributed by atoms with Gasteiger partial charge < -0.3 is 0 Å². The Morgan fingerprint density at radius 3 is 2.92 bits per heavy atom. The molecule has 1 fully saturated rings. The van der Waals surface area contributed by atoms with Gasteiger partial charge in [-0.3, -0.25) is 14.8 Å². The predicted octanol–water partition coefficient (Wildman–Crippen LogP) is 1.69. The Morgan fingerprint density at radius 2 is 2.46 bits per heavy atom. The average Bonchev–Trinajstić information content (AvgIpc) is 2.84. The number of nitrogens with zero attached hydrogens (tertiary/aromatic N) is 3. The fraction of sp³-hybridized carbons (Fsp3) is 0.625. The van der Waals surface area contributed by atoms with Crippen LogP contribution in [0.1, 0.15) is 31.4 Å². The lowest BCUT2D eigenvalue weighted by Crippen LogP contribution is -1.94. The lowest BCUT2D eigenvalue weighted by Gasteiger charge is -1.90. The second-order valence-electron chi connectivity index (χ2n) is 3.29. The first-order valence-corrected chi connectivity index (χ1v) is 4.44. The smallest absolute Gasteiger partial charge is 0.266 e. The zero-order chi connectivity index (χ0) is 9.42. The van der Waals surface area contributed by atoms with Crippen molar-refractivity contribution in [3.63, 3.8) is 0 Å². The van der Waals surface area contributed by atoms with Gasteiger partial charge >= 0.3 is 5.69 Å². The summed E-state index contributed by atoms with van der Waals surface area (Å²) >= 11 is 0. The van der Waals surface area contributed by atoms with Gasteiger partial charge in [0, 0.05) is 12.5 Å². The first-order valence-electron chi connectivity index (χ1n) is 4.44. The Labute approximate surface area is 75.5 Å². The molecule has 1 aliphatic rings. The van der Waals surface area contributed by atoms with Crippen LogP contribution < -0.4 is 0 Å². The van der Waals surface area contributed by atoms with Gasteiger partial charge in [0.1, 0.15) is 11.9 Å². The molecule has 1 aromatic heterocycles. The second kappa shape index (κ2) is 2.83. The predicted molar refractivity (Wildman–Crippen MR) is 46.5 cm³/mol. The number of aromatic nitrogens is 2. The highest BCUT2D eigenvalue weighted by Crippen LogP contribution is 2.42. The summed E-state index contributed by atoms with van der Waals surface area (Å²) < 4.78 is 1.63. The van der Waals surface area contributed by atoms with Gasteiger partial charge in [-0.25, -0.2) is 0 Å². The lowest BCUT2D eigenvalue weighted by atomic mass is 10.3. The van der Waals surface area contributed by atoms with E-state index in [1.165, 1.54) is 6.20 Å². The summed E-state index contributed by atoms with van der Waals surface area (Å²) in [6.07, 6.45) is 3.61. The van der Waals surface area contributed by atoms with Crippen LogP contribution >= 0.6 is 0 Å². The highest BCUT2D eigenvalue weighted by Gasteiger charge is 2.33. The van der Waals surface area contributed by atoms with Crippen LogP contribution in [0, 0.1) is 10.1 Å². The van der Waals surface area contributed by atoms with Gasteiger partial charge in [-0.1, -0.05) is 0 Å². The minimum absolute atomic E-state index is 0.185. The third-order valence-corrected chi connectivity index (χ3v) is 2.25. The van der Waals surface area contributed by atoms with Crippen molar-refractivity contribution in [1.29, 1.82) is 0 Å². The largest absolute Gasteiger partial charge is 0.310 e. The van der Waals surface area contributed by atoms with E-state index in [1.807, 2.05) is 6.92 Å². The summed E-state index contributed by atoms with van der Waals surface area (Å²) in [6, 6.07) is 0. The quantitative estimate of drug-likeness (QED) is 0.526. The number of nitro groups is 1. The molecule has 5 heteroatoms. The Hall–Kier alpha value is -1.39. The molecule has 1 saturated carbocycles. The topological polar surface area (TPSA) is 61.0 Å². The molecular formula is C8H11N3O2. The third kappa shape index (κ3) is 1.41. The second-order valence-corrected chi connectivity index (χ2v) is 3.29. The molecule has 1 aromatic rings. The van der Waals surface area contributed by atoms with Gasteiger partial charge in [-0.05, 0) is 19.8 Å². The highest BCUT2D eigenvalue weighted by molar-refractivity contribution is 5.37. The van der Waals surface area contributed by atoms with E-state index < -0.39 is 0 Å². The molecule has 0 aromatic carbocycles. The molecule has 13 heavy (non-hydrogen) atoms. The molecule has 1 heterocycles. The van der Waals surface area contributed by atoms with E-state index in [-0.39, 0.29) is 10.6 Å². The molecule has 0 radical (unpaired) electrons. The van der Waals surface area contributed by atoms with E-state index in [0.717, 1.165) is 12.8 Å². The van der Waals surface area contributed by atoms with E-state index >= 15 is 0 Å². The van der Waals surface area contributed by atoms with Crippen molar-refractivity contribution in [2.45, 2.75) is 32.2 Å². The Bertz CT molecular complexity index is 341. The standard InChI is InChI=1S/C8H11N3O2/c1-2-10-5-7(11(12)13)8(9-10)6-3-4-6/h5-6H,2-4H2,1H3. The molecule has 1 aliphatic carbocycles. The molecule has 0 spiro atoms. The van der Waals surface area contributed by atoms with Crippen LogP contribution in [0.2, 0.25) is 0 Å². The van der Waals surface area contributed by atoms with Gasteiger partial charge in [0.15, 0.2) is 0 Å². The Kier molecular flexibility index (Phi) is 1.79. The van der Waals surface area contributed by atoms with Gasteiger partial charge in [0.2, 0.25) is 0 Å². The van der Waals surface area contributed by atoms with Crippen LogP contribution in [0.25, 0.3) is 0 Å². The van der Waals surface area contributed by atoms with Crippen LogP contribution in [-0.2, 0) is 6.54 Å². The number of hydrogen-bond acceptors (Lipinski definition) is 3. The molecule has 2 rings (SSSR count). The van der Waals surface area contributed by atoms with E-state index in [2.05, 4.69) is 5.10 Å². The molecule has 0 N–H and O–H groups in total. The molecule has 0 amide bonds. The van der Waals surface area contributed by atoms with Gasteiger partial charge in [-0.2, -0.15) is 5.10 Å². The maximum Gasteiger partial charge on any atom is 0.310 e. The van der Waals surface area contributed by atoms with E-state index in [0.29, 0.717) is 18.2 Å². The highest BCUT2D eigenvalue weighted by atomic mass is 16.6. The van der Waals surface area contributed by atoms with Crippen LogP contribution in [0.3, 0.4) is 0 Å². The van der Waals surface area contributed by atoms with Crippen molar-refractivity contribution >= 4 is 5.69 Å². The van der Waals surface area contributed by atoms with Crippen LogP contribution in [0.15, 0.2) is 6.20 Å². The molecule has 0 saturated heterocycles. The maximum absolute atomic E-state index is 10.6. The molecular weight excluding hydrogens is 170 g/mol. The molecule has 0 bridgehead atoms. The monoisotopic (exact) mass is 181 g/mol. The van der Waals surface area contributed by atoms with Gasteiger partial charge in [0.25, 0.3) is 0 Å². The Morgan fingerprint density at radius 1 is 1.77 bits per heavy atom. The van der Waals surface area contributed by atoms with Crippen molar-refractivity contribution in [1.82, 2.24) is 9.78 Å². The Balaban J connectivity index is 2.39. The fourth-order valence-electron chi connectivity index (χ4n) is 1.38. The summed E-state index contributed by atoms with van der Waals surface area (Å²) in [5, 5.41) is 14.8. The van der Waals surface area contributed by atoms with Crippen LogP contribution in [-0.4, -0.2) is 14.7 Å². The van der Waals surface area contributed by atoms with Gasteiger partial charge in [-0.15, -0.1) is 0 Å². The summed E-state index contributed by atoms with van der Waals surface area (Å²) in [4.78, 5) is 10.3. The van der Waals surface area contributed by atoms with Crippen molar-refractivity contribution in [3.8, 4) is 0 Å². The first kappa shape index (κ1) is 8.22. The number of hydrogen-bond donors (Lipinski definition) is 0. The van der Waals surface area contributed by atoms with Crippen molar-refractivity contribution in [2.75, 3.05) is 0 Å². The normalized spacial score (nSPS) is 16.1. The van der Waals surface area contributed by atoms with E-state index in [1.54, 1.807) is 4.68 Å². The lowest BCUT2D eigenvalue weighted by molar-refractivity contribution is -0.385. The minimum Gasteiger partial charge on any atom is -0.266 e. The molecule has 5 nitrogen and oxygen atoms in total. The van der Waals surface area contributed by atoms with Crippen LogP contribution in [0.4, 0.5) is 5.69 Å².